The lowest BCUT2D eigenvalue weighted by atomic mass is 9.82. The third-order valence-electron chi connectivity index (χ3n) is 3.64. The fourth-order valence-corrected chi connectivity index (χ4v) is 2.24. The minimum Gasteiger partial charge on any atom is -0.396 e. The van der Waals surface area contributed by atoms with Crippen molar-refractivity contribution in [3.05, 3.63) is 11.4 Å². The number of anilines is 1. The Morgan fingerprint density at radius 1 is 1.40 bits per heavy atom. The Kier molecular flexibility index (Phi) is 2.98. The van der Waals surface area contributed by atoms with Gasteiger partial charge in [-0.25, -0.2) is 0 Å². The number of nitrogens with two attached hydrogens (primary N) is 1. The van der Waals surface area contributed by atoms with Crippen molar-refractivity contribution in [2.75, 3.05) is 5.73 Å². The highest BCUT2D eigenvalue weighted by Gasteiger charge is 2.16. The minimum absolute atomic E-state index is 0.860. The molecule has 0 aromatic carbocycles. The van der Waals surface area contributed by atoms with Crippen molar-refractivity contribution in [1.29, 1.82) is 0 Å². The summed E-state index contributed by atoms with van der Waals surface area (Å²) in [6, 6.07) is 0. The van der Waals surface area contributed by atoms with E-state index in [1.807, 2.05) is 6.92 Å². The lowest BCUT2D eigenvalue weighted by Gasteiger charge is -2.25. The molecule has 1 aliphatic rings. The van der Waals surface area contributed by atoms with Crippen LogP contribution < -0.4 is 5.73 Å². The van der Waals surface area contributed by atoms with Crippen LogP contribution in [0.25, 0.3) is 0 Å². The molecule has 0 radical (unpaired) electrons. The molecule has 0 bridgehead atoms. The van der Waals surface area contributed by atoms with Gasteiger partial charge in [-0.1, -0.05) is 19.3 Å². The van der Waals surface area contributed by atoms with Crippen molar-refractivity contribution in [3.8, 4) is 0 Å². The number of hydrogen-bond donors (Lipinski definition) is 1. The zero-order chi connectivity index (χ0) is 10.8. The monoisotopic (exact) mass is 207 g/mol. The molecule has 1 aliphatic carbocycles. The van der Waals surface area contributed by atoms with Crippen molar-refractivity contribution < 1.29 is 0 Å². The van der Waals surface area contributed by atoms with Crippen molar-refractivity contribution in [3.63, 3.8) is 0 Å². The van der Waals surface area contributed by atoms with E-state index >= 15 is 0 Å². The lowest BCUT2D eigenvalue weighted by molar-refractivity contribution is 0.282. The fraction of sp³-hybridized carbons (Fsp3) is 0.750. The summed E-state index contributed by atoms with van der Waals surface area (Å²) in [6.07, 6.45) is 6.93. The molecule has 1 aromatic heterocycles. The molecule has 3 heteroatoms. The van der Waals surface area contributed by atoms with E-state index in [-0.39, 0.29) is 0 Å². The Morgan fingerprint density at radius 3 is 2.60 bits per heavy atom. The van der Waals surface area contributed by atoms with Gasteiger partial charge in [-0.05, 0) is 32.6 Å². The predicted molar refractivity (Wildman–Crippen MR) is 62.7 cm³/mol. The fourth-order valence-electron chi connectivity index (χ4n) is 2.24. The summed E-state index contributed by atoms with van der Waals surface area (Å²) in [5, 5.41) is 4.44. The van der Waals surface area contributed by atoms with E-state index in [9.17, 15) is 0 Å². The molecule has 1 fully saturated rings. The smallest absolute Gasteiger partial charge is 0.0825 e. The second kappa shape index (κ2) is 4.25. The molecular formula is C12H21N3. The van der Waals surface area contributed by atoms with Crippen LogP contribution in [0.5, 0.6) is 0 Å². The quantitative estimate of drug-likeness (QED) is 0.825. The van der Waals surface area contributed by atoms with Crippen molar-refractivity contribution in [2.24, 2.45) is 5.92 Å². The van der Waals surface area contributed by atoms with Crippen LogP contribution >= 0.6 is 0 Å². The van der Waals surface area contributed by atoms with Crippen LogP contribution in [0, 0.1) is 19.8 Å². The average Bonchev–Trinajstić information content (AvgIpc) is 2.38. The molecule has 0 atom stereocenters. The highest BCUT2D eigenvalue weighted by molar-refractivity contribution is 5.46. The maximum absolute atomic E-state index is 5.89. The Hall–Kier alpha value is -0.990. The molecule has 1 aromatic rings. The molecule has 15 heavy (non-hydrogen) atoms. The second-order valence-electron chi connectivity index (χ2n) is 4.75. The summed E-state index contributed by atoms with van der Waals surface area (Å²) in [6.45, 7) is 5.06. The summed E-state index contributed by atoms with van der Waals surface area (Å²) < 4.78 is 2.06. The standard InChI is InChI=1S/C12H21N3/c1-9-12(13)10(2)15(14-9)8-4-7-11-5-3-6-11/h11H,3-8,13H2,1-2H3. The molecule has 1 saturated carbocycles. The van der Waals surface area contributed by atoms with Crippen molar-refractivity contribution in [2.45, 2.75) is 52.5 Å². The normalized spacial score (nSPS) is 16.7. The van der Waals surface area contributed by atoms with E-state index in [0.717, 1.165) is 29.5 Å². The highest BCUT2D eigenvalue weighted by Crippen LogP contribution is 2.30. The largest absolute Gasteiger partial charge is 0.396 e. The van der Waals surface area contributed by atoms with Gasteiger partial charge in [-0.3, -0.25) is 4.68 Å². The van der Waals surface area contributed by atoms with Gasteiger partial charge >= 0.3 is 0 Å². The Labute approximate surface area is 91.7 Å². The molecule has 84 valence electrons. The molecule has 3 nitrogen and oxygen atoms in total. The summed E-state index contributed by atoms with van der Waals surface area (Å²) in [7, 11) is 0. The molecule has 2 rings (SSSR count). The second-order valence-corrected chi connectivity index (χ2v) is 4.75. The van der Waals surface area contributed by atoms with E-state index in [0.29, 0.717) is 0 Å². The van der Waals surface area contributed by atoms with Crippen LogP contribution in [0.15, 0.2) is 0 Å². The number of nitrogens with zero attached hydrogens (tertiary/aromatic N) is 2. The third-order valence-corrected chi connectivity index (χ3v) is 3.64. The van der Waals surface area contributed by atoms with Gasteiger partial charge in [0.15, 0.2) is 0 Å². The van der Waals surface area contributed by atoms with Crippen molar-refractivity contribution >= 4 is 5.69 Å². The van der Waals surface area contributed by atoms with E-state index in [4.69, 9.17) is 5.73 Å². The summed E-state index contributed by atoms with van der Waals surface area (Å²) in [4.78, 5) is 0. The number of rotatable bonds is 4. The van der Waals surface area contributed by atoms with Crippen molar-refractivity contribution in [1.82, 2.24) is 9.78 Å². The molecule has 2 N–H and O–H groups in total. The third kappa shape index (κ3) is 2.16. The van der Waals surface area contributed by atoms with E-state index in [1.165, 1.54) is 32.1 Å². The summed E-state index contributed by atoms with van der Waals surface area (Å²) in [5.41, 5.74) is 8.84. The maximum atomic E-state index is 5.89. The van der Waals surface area contributed by atoms with Gasteiger partial charge in [0.05, 0.1) is 17.1 Å². The van der Waals surface area contributed by atoms with Gasteiger partial charge in [-0.2, -0.15) is 5.10 Å². The first kappa shape index (κ1) is 10.5. The minimum atomic E-state index is 0.860. The van der Waals surface area contributed by atoms with Gasteiger partial charge in [0.1, 0.15) is 0 Å². The predicted octanol–water partition coefficient (Wildman–Crippen LogP) is 2.66. The Balaban J connectivity index is 1.84. The van der Waals surface area contributed by atoms with Gasteiger partial charge in [0.2, 0.25) is 0 Å². The van der Waals surface area contributed by atoms with Crippen LogP contribution in [0.3, 0.4) is 0 Å². The molecular weight excluding hydrogens is 186 g/mol. The number of aromatic nitrogens is 2. The molecule has 0 spiro atoms. The molecule has 1 heterocycles. The zero-order valence-corrected chi connectivity index (χ0v) is 9.79. The van der Waals surface area contributed by atoms with Crippen LogP contribution in [-0.2, 0) is 6.54 Å². The number of hydrogen-bond acceptors (Lipinski definition) is 2. The SMILES string of the molecule is Cc1nn(CCCC2CCC2)c(C)c1N. The molecule has 0 saturated heterocycles. The van der Waals surface area contributed by atoms with Crippen LogP contribution in [0.4, 0.5) is 5.69 Å². The first-order valence-corrected chi connectivity index (χ1v) is 5.98. The van der Waals surface area contributed by atoms with Crippen LogP contribution in [0.1, 0.15) is 43.5 Å². The number of aryl methyl sites for hydroxylation is 2. The first-order valence-electron chi connectivity index (χ1n) is 5.98. The Bertz CT molecular complexity index is 337. The summed E-state index contributed by atoms with van der Waals surface area (Å²) >= 11 is 0. The first-order chi connectivity index (χ1) is 7.18. The number of nitrogen functional groups attached to an aromatic ring is 1. The Morgan fingerprint density at radius 2 is 2.13 bits per heavy atom. The average molecular weight is 207 g/mol. The topological polar surface area (TPSA) is 43.8 Å². The molecule has 0 amide bonds. The lowest BCUT2D eigenvalue weighted by Crippen LogP contribution is -2.12. The molecule has 0 aliphatic heterocycles. The van der Waals surface area contributed by atoms with E-state index in [2.05, 4.69) is 16.7 Å². The van der Waals surface area contributed by atoms with Gasteiger partial charge in [0, 0.05) is 6.54 Å². The van der Waals surface area contributed by atoms with Gasteiger partial charge in [0.25, 0.3) is 0 Å². The summed E-state index contributed by atoms with van der Waals surface area (Å²) in [5.74, 6) is 0.999. The van der Waals surface area contributed by atoms with Gasteiger partial charge in [-0.15, -0.1) is 0 Å². The maximum Gasteiger partial charge on any atom is 0.0825 e. The van der Waals surface area contributed by atoms with E-state index in [1.54, 1.807) is 0 Å². The van der Waals surface area contributed by atoms with E-state index < -0.39 is 0 Å². The van der Waals surface area contributed by atoms with Crippen LogP contribution in [0.2, 0.25) is 0 Å². The molecule has 0 unspecified atom stereocenters. The zero-order valence-electron chi connectivity index (χ0n) is 9.79. The highest BCUT2D eigenvalue weighted by atomic mass is 15.3. The van der Waals surface area contributed by atoms with Gasteiger partial charge < -0.3 is 5.73 Å². The van der Waals surface area contributed by atoms with Crippen LogP contribution in [-0.4, -0.2) is 9.78 Å².